The van der Waals surface area contributed by atoms with E-state index in [0.29, 0.717) is 0 Å². The van der Waals surface area contributed by atoms with E-state index in [4.69, 9.17) is 0 Å². The van der Waals surface area contributed by atoms with Crippen molar-refractivity contribution in [3.05, 3.63) is 29.7 Å². The van der Waals surface area contributed by atoms with Crippen LogP contribution in [0.5, 0.6) is 0 Å². The fourth-order valence-electron chi connectivity index (χ4n) is 1.16. The zero-order valence-electron chi connectivity index (χ0n) is 8.85. The molecule has 69 valence electrons. The lowest BCUT2D eigenvalue weighted by Crippen LogP contribution is -1.91. The van der Waals surface area contributed by atoms with Gasteiger partial charge in [-0.3, -0.25) is 0 Å². The highest BCUT2D eigenvalue weighted by atomic mass is 14.1. The predicted octanol–water partition coefficient (Wildman–Crippen LogP) is 4.29. The predicted molar refractivity (Wildman–Crippen MR) is 57.0 cm³/mol. The molecule has 0 bridgehead atoms. The lowest BCUT2D eigenvalue weighted by atomic mass is 9.97. The third kappa shape index (κ3) is 6.21. The Morgan fingerprint density at radius 2 is 1.83 bits per heavy atom. The quantitative estimate of drug-likeness (QED) is 0.533. The van der Waals surface area contributed by atoms with Crippen LogP contribution in [0.3, 0.4) is 0 Å². The lowest BCUT2D eigenvalue weighted by Gasteiger charge is -2.08. The van der Waals surface area contributed by atoms with E-state index in [2.05, 4.69) is 45.9 Å². The smallest absolute Gasteiger partial charge is 0.0229 e. The van der Waals surface area contributed by atoms with Crippen LogP contribution < -0.4 is 0 Å². The van der Waals surface area contributed by atoms with Crippen LogP contribution in [0, 0.1) is 5.92 Å². The van der Waals surface area contributed by atoms with Gasteiger partial charge in [0, 0.05) is 0 Å². The minimum atomic E-state index is 1.17. The number of rotatable bonds is 5. The molecule has 0 aliphatic rings. The molecule has 0 fully saturated rings. The summed E-state index contributed by atoms with van der Waals surface area (Å²) in [6, 6.07) is 0. The number of hydrogen-bond acceptors (Lipinski definition) is 0. The summed E-state index contributed by atoms with van der Waals surface area (Å²) in [6.45, 7) is 8.62. The van der Waals surface area contributed by atoms with Crippen molar-refractivity contribution in [2.75, 3.05) is 0 Å². The topological polar surface area (TPSA) is 0 Å². The van der Waals surface area contributed by atoms with Gasteiger partial charge in [-0.2, -0.15) is 0 Å². The Kier molecular flexibility index (Phi) is 6.84. The largest absolute Gasteiger partial charge is 0.0917 e. The normalized spacial score (nSPS) is 13.2. The molecule has 1 radical (unpaired) electrons. The Labute approximate surface area is 77.4 Å². The summed E-state index contributed by atoms with van der Waals surface area (Å²) in [4.78, 5) is 0. The van der Waals surface area contributed by atoms with Crippen molar-refractivity contribution in [1.82, 2.24) is 0 Å². The first kappa shape index (κ1) is 11.5. The minimum absolute atomic E-state index is 1.17. The van der Waals surface area contributed by atoms with Gasteiger partial charge in [-0.25, -0.2) is 0 Å². The Hall–Kier alpha value is -0.520. The van der Waals surface area contributed by atoms with E-state index in [1.807, 2.05) is 0 Å². The maximum absolute atomic E-state index is 2.25. The third-order valence-corrected chi connectivity index (χ3v) is 2.05. The monoisotopic (exact) mass is 165 g/mol. The highest BCUT2D eigenvalue weighted by Gasteiger charge is 2.01. The first-order chi connectivity index (χ1) is 5.70. The summed E-state index contributed by atoms with van der Waals surface area (Å²) in [7, 11) is 0. The lowest BCUT2D eigenvalue weighted by molar-refractivity contribution is 0.785. The summed E-state index contributed by atoms with van der Waals surface area (Å²) in [5, 5.41) is 0. The van der Waals surface area contributed by atoms with Crippen LogP contribution in [0.2, 0.25) is 0 Å². The summed E-state index contributed by atoms with van der Waals surface area (Å²) >= 11 is 0. The van der Waals surface area contributed by atoms with Gasteiger partial charge in [0.05, 0.1) is 0 Å². The van der Waals surface area contributed by atoms with Gasteiger partial charge >= 0.3 is 0 Å². The molecule has 0 spiro atoms. The molecule has 0 aromatic rings. The molecule has 0 aromatic carbocycles. The van der Waals surface area contributed by atoms with Crippen molar-refractivity contribution in [1.29, 1.82) is 0 Å². The Morgan fingerprint density at radius 1 is 1.17 bits per heavy atom. The van der Waals surface area contributed by atoms with E-state index in [9.17, 15) is 0 Å². The van der Waals surface area contributed by atoms with Crippen LogP contribution in [0.1, 0.15) is 47.0 Å². The number of hydrogen-bond donors (Lipinski definition) is 0. The van der Waals surface area contributed by atoms with Gasteiger partial charge in [0.2, 0.25) is 0 Å². The molecule has 0 aliphatic heterocycles. The second-order valence-electron chi connectivity index (χ2n) is 3.38. The van der Waals surface area contributed by atoms with Crippen molar-refractivity contribution in [2.24, 2.45) is 0 Å². The van der Waals surface area contributed by atoms with Crippen molar-refractivity contribution < 1.29 is 0 Å². The van der Waals surface area contributed by atoms with E-state index < -0.39 is 0 Å². The van der Waals surface area contributed by atoms with Gasteiger partial charge in [0.25, 0.3) is 0 Å². The first-order valence-corrected chi connectivity index (χ1v) is 4.75. The molecule has 0 saturated heterocycles. The van der Waals surface area contributed by atoms with Crippen LogP contribution in [0.15, 0.2) is 23.8 Å². The molecule has 0 unspecified atom stereocenters. The van der Waals surface area contributed by atoms with Gasteiger partial charge in [-0.05, 0) is 46.0 Å². The van der Waals surface area contributed by atoms with Crippen molar-refractivity contribution in [3.8, 4) is 0 Å². The van der Waals surface area contributed by atoms with Crippen LogP contribution in [-0.4, -0.2) is 0 Å². The molecule has 0 rings (SSSR count). The maximum atomic E-state index is 2.25. The molecule has 0 N–H and O–H groups in total. The van der Waals surface area contributed by atoms with Crippen molar-refractivity contribution in [3.63, 3.8) is 0 Å². The molecule has 0 atom stereocenters. The third-order valence-electron chi connectivity index (χ3n) is 2.05. The first-order valence-electron chi connectivity index (χ1n) is 4.75. The standard InChI is InChI=1S/C12H21/c1-5-7-8-9-12(4)10-11(3)6-2/h5-7H,8-10H2,1-4H3. The minimum Gasteiger partial charge on any atom is -0.0917 e. The highest BCUT2D eigenvalue weighted by Crippen LogP contribution is 2.18. The van der Waals surface area contributed by atoms with Gasteiger partial charge in [0.15, 0.2) is 0 Å². The van der Waals surface area contributed by atoms with Crippen LogP contribution >= 0.6 is 0 Å². The SMILES string of the molecule is CC=CCC[C](C)CC(C)=CC. The second-order valence-corrected chi connectivity index (χ2v) is 3.38. The number of allylic oxidation sites excluding steroid dienone is 4. The molecular weight excluding hydrogens is 144 g/mol. The molecule has 0 heterocycles. The van der Waals surface area contributed by atoms with Crippen LogP contribution in [0.4, 0.5) is 0 Å². The zero-order chi connectivity index (χ0) is 9.40. The van der Waals surface area contributed by atoms with Crippen molar-refractivity contribution >= 4 is 0 Å². The maximum Gasteiger partial charge on any atom is -0.0229 e. The zero-order valence-corrected chi connectivity index (χ0v) is 8.85. The molecule has 0 saturated carbocycles. The second kappa shape index (κ2) is 7.15. The van der Waals surface area contributed by atoms with Crippen LogP contribution in [0.25, 0.3) is 0 Å². The average Bonchev–Trinajstić information content (AvgIpc) is 2.05. The molecular formula is C12H21. The van der Waals surface area contributed by atoms with E-state index in [1.54, 1.807) is 5.92 Å². The Bertz CT molecular complexity index is 151. The fraction of sp³-hybridized carbons (Fsp3) is 0.583. The molecule has 12 heavy (non-hydrogen) atoms. The molecule has 0 aromatic heterocycles. The van der Waals surface area contributed by atoms with E-state index in [0.717, 1.165) is 0 Å². The molecule has 0 amide bonds. The van der Waals surface area contributed by atoms with E-state index >= 15 is 0 Å². The van der Waals surface area contributed by atoms with Crippen molar-refractivity contribution in [2.45, 2.75) is 47.0 Å². The van der Waals surface area contributed by atoms with Gasteiger partial charge in [-0.15, -0.1) is 0 Å². The molecule has 0 nitrogen and oxygen atoms in total. The van der Waals surface area contributed by atoms with Gasteiger partial charge in [-0.1, -0.05) is 30.7 Å². The van der Waals surface area contributed by atoms with E-state index in [1.165, 1.54) is 24.8 Å². The molecule has 0 aliphatic carbocycles. The Balaban J connectivity index is 3.52. The van der Waals surface area contributed by atoms with Gasteiger partial charge < -0.3 is 0 Å². The average molecular weight is 165 g/mol. The van der Waals surface area contributed by atoms with Crippen LogP contribution in [-0.2, 0) is 0 Å². The summed E-state index contributed by atoms with van der Waals surface area (Å²) < 4.78 is 0. The highest BCUT2D eigenvalue weighted by molar-refractivity contribution is 5.05. The fourth-order valence-corrected chi connectivity index (χ4v) is 1.16. The Morgan fingerprint density at radius 3 is 2.33 bits per heavy atom. The summed E-state index contributed by atoms with van der Waals surface area (Å²) in [5.41, 5.74) is 1.48. The van der Waals surface area contributed by atoms with E-state index in [-0.39, 0.29) is 0 Å². The van der Waals surface area contributed by atoms with Gasteiger partial charge in [0.1, 0.15) is 0 Å². The summed E-state index contributed by atoms with van der Waals surface area (Å²) in [6.07, 6.45) is 10.1. The summed E-state index contributed by atoms with van der Waals surface area (Å²) in [5.74, 6) is 1.59. The molecule has 0 heteroatoms.